The molecule has 0 atom stereocenters. The summed E-state index contributed by atoms with van der Waals surface area (Å²) in [6.45, 7) is 1.63. The fraction of sp³-hybridized carbons (Fsp3) is 0.800. The molecule has 106 valence electrons. The van der Waals surface area contributed by atoms with Crippen LogP contribution in [-0.2, 0) is 9.59 Å². The van der Waals surface area contributed by atoms with Gasteiger partial charge < -0.3 is 16.0 Å². The first-order valence-electron chi connectivity index (χ1n) is 5.35. The van der Waals surface area contributed by atoms with Crippen molar-refractivity contribution in [3.63, 3.8) is 0 Å². The number of nitrogens with one attached hydrogen (secondary N) is 3. The Kier molecular flexibility index (Phi) is 6.10. The molecule has 0 saturated heterocycles. The maximum atomic E-state index is 11.8. The minimum absolute atomic E-state index is 0.0548. The molecular weight excluding hydrogens is 251 g/mol. The van der Waals surface area contributed by atoms with Crippen LogP contribution in [-0.4, -0.2) is 44.7 Å². The lowest BCUT2D eigenvalue weighted by molar-refractivity contribution is -0.130. The van der Waals surface area contributed by atoms with Gasteiger partial charge in [0.2, 0.25) is 11.8 Å². The number of hydrogen-bond donors (Lipinski definition) is 3. The Labute approximate surface area is 103 Å². The first-order chi connectivity index (χ1) is 8.08. The molecule has 0 aromatic heterocycles. The summed E-state index contributed by atoms with van der Waals surface area (Å²) >= 11 is 0. The normalized spacial score (nSPS) is 12.1. The first-order valence-corrected chi connectivity index (χ1v) is 5.35. The van der Waals surface area contributed by atoms with Gasteiger partial charge in [0.15, 0.2) is 0 Å². The molecule has 3 N–H and O–H groups in total. The minimum atomic E-state index is -4.35. The predicted octanol–water partition coefficient (Wildman–Crippen LogP) is 0.0267. The molecule has 0 rings (SSSR count). The van der Waals surface area contributed by atoms with Crippen molar-refractivity contribution in [1.29, 1.82) is 0 Å². The molecule has 0 bridgehead atoms. The van der Waals surface area contributed by atoms with Gasteiger partial charge in [0.1, 0.15) is 0 Å². The van der Waals surface area contributed by atoms with Gasteiger partial charge in [-0.15, -0.1) is 0 Å². The molecule has 0 aliphatic heterocycles. The van der Waals surface area contributed by atoms with Crippen LogP contribution in [0.4, 0.5) is 13.2 Å². The molecule has 18 heavy (non-hydrogen) atoms. The molecular formula is C10H18F3N3O2. The third kappa shape index (κ3) is 7.10. The zero-order valence-electron chi connectivity index (χ0n) is 10.6. The van der Waals surface area contributed by atoms with Gasteiger partial charge in [0, 0.05) is 13.6 Å². The van der Waals surface area contributed by atoms with Gasteiger partial charge in [0.05, 0.1) is 18.5 Å². The number of halogens is 3. The quantitative estimate of drug-likeness (QED) is 0.637. The lowest BCUT2D eigenvalue weighted by Crippen LogP contribution is -2.46. The summed E-state index contributed by atoms with van der Waals surface area (Å²) in [5.74, 6) is -0.845. The van der Waals surface area contributed by atoms with Gasteiger partial charge in [-0.2, -0.15) is 13.2 Å². The fourth-order valence-corrected chi connectivity index (χ4v) is 1.12. The molecule has 0 aliphatic carbocycles. The summed E-state index contributed by atoms with van der Waals surface area (Å²) in [6.07, 6.45) is -4.35. The van der Waals surface area contributed by atoms with Gasteiger partial charge in [-0.05, 0) is 13.8 Å². The zero-order valence-corrected chi connectivity index (χ0v) is 10.6. The van der Waals surface area contributed by atoms with Crippen molar-refractivity contribution < 1.29 is 22.8 Å². The molecule has 0 fully saturated rings. The van der Waals surface area contributed by atoms with E-state index in [2.05, 4.69) is 10.6 Å². The monoisotopic (exact) mass is 269 g/mol. The Bertz CT molecular complexity index is 303. The minimum Gasteiger partial charge on any atom is -0.359 e. The third-order valence-corrected chi connectivity index (χ3v) is 2.18. The maximum absolute atomic E-state index is 11.8. The van der Waals surface area contributed by atoms with Crippen LogP contribution in [0.25, 0.3) is 0 Å². The molecule has 0 heterocycles. The van der Waals surface area contributed by atoms with Gasteiger partial charge >= 0.3 is 6.18 Å². The summed E-state index contributed by atoms with van der Waals surface area (Å²) in [5.41, 5.74) is -0.811. The molecule has 8 heteroatoms. The second kappa shape index (κ2) is 6.58. The van der Waals surface area contributed by atoms with Crippen molar-refractivity contribution in [3.05, 3.63) is 0 Å². The van der Waals surface area contributed by atoms with E-state index in [4.69, 9.17) is 0 Å². The highest BCUT2D eigenvalue weighted by Crippen LogP contribution is 2.13. The number of alkyl halides is 3. The van der Waals surface area contributed by atoms with E-state index in [1.807, 2.05) is 5.32 Å². The SMILES string of the molecule is CNC(=O)C(C)(C)CNC(=O)CNCC(F)(F)F. The van der Waals surface area contributed by atoms with Gasteiger partial charge in [-0.1, -0.05) is 0 Å². The Morgan fingerprint density at radius 2 is 1.67 bits per heavy atom. The van der Waals surface area contributed by atoms with E-state index in [0.29, 0.717) is 0 Å². The maximum Gasteiger partial charge on any atom is 0.401 e. The zero-order chi connectivity index (χ0) is 14.4. The van der Waals surface area contributed by atoms with Crippen LogP contribution in [0.15, 0.2) is 0 Å². The van der Waals surface area contributed by atoms with Gasteiger partial charge in [-0.3, -0.25) is 9.59 Å². The van der Waals surface area contributed by atoms with Crippen LogP contribution in [0.1, 0.15) is 13.8 Å². The number of amides is 2. The lowest BCUT2D eigenvalue weighted by atomic mass is 9.92. The van der Waals surface area contributed by atoms with E-state index in [0.717, 1.165) is 0 Å². The topological polar surface area (TPSA) is 70.2 Å². The number of carbonyl (C=O) groups excluding carboxylic acids is 2. The number of rotatable bonds is 6. The summed E-state index contributed by atoms with van der Waals surface area (Å²) in [6, 6.07) is 0. The average Bonchev–Trinajstić information content (AvgIpc) is 2.23. The molecule has 2 amide bonds. The van der Waals surface area contributed by atoms with E-state index in [-0.39, 0.29) is 12.5 Å². The van der Waals surface area contributed by atoms with Crippen molar-refractivity contribution in [2.45, 2.75) is 20.0 Å². The Morgan fingerprint density at radius 1 is 1.11 bits per heavy atom. The lowest BCUT2D eigenvalue weighted by Gasteiger charge is -2.22. The van der Waals surface area contributed by atoms with Crippen LogP contribution < -0.4 is 16.0 Å². The molecule has 5 nitrogen and oxygen atoms in total. The van der Waals surface area contributed by atoms with Gasteiger partial charge in [-0.25, -0.2) is 0 Å². The summed E-state index contributed by atoms with van der Waals surface area (Å²) in [4.78, 5) is 22.6. The largest absolute Gasteiger partial charge is 0.401 e. The van der Waals surface area contributed by atoms with Gasteiger partial charge in [0.25, 0.3) is 0 Å². The standard InChI is InChI=1S/C10H18F3N3O2/c1-9(2,8(18)14-3)5-16-7(17)4-15-6-10(11,12)13/h15H,4-6H2,1-3H3,(H,14,18)(H,16,17). The summed E-state index contributed by atoms with van der Waals surface area (Å²) in [7, 11) is 1.47. The Balaban J connectivity index is 3.94. The second-order valence-electron chi connectivity index (χ2n) is 4.46. The van der Waals surface area contributed by atoms with E-state index in [1.165, 1.54) is 7.05 Å². The molecule has 0 aromatic rings. The highest BCUT2D eigenvalue weighted by Gasteiger charge is 2.28. The predicted molar refractivity (Wildman–Crippen MR) is 59.8 cm³/mol. The fourth-order valence-electron chi connectivity index (χ4n) is 1.12. The van der Waals surface area contributed by atoms with Crippen molar-refractivity contribution in [1.82, 2.24) is 16.0 Å². The highest BCUT2D eigenvalue weighted by atomic mass is 19.4. The van der Waals surface area contributed by atoms with E-state index < -0.39 is 30.6 Å². The number of carbonyl (C=O) groups is 2. The average molecular weight is 269 g/mol. The van der Waals surface area contributed by atoms with Crippen LogP contribution in [0.2, 0.25) is 0 Å². The van der Waals surface area contributed by atoms with Crippen molar-refractivity contribution in [3.8, 4) is 0 Å². The Morgan fingerprint density at radius 3 is 2.11 bits per heavy atom. The molecule has 0 radical (unpaired) electrons. The molecule has 0 spiro atoms. The second-order valence-corrected chi connectivity index (χ2v) is 4.46. The highest BCUT2D eigenvalue weighted by molar-refractivity contribution is 5.83. The summed E-state index contributed by atoms with van der Waals surface area (Å²) < 4.78 is 35.4. The van der Waals surface area contributed by atoms with Crippen molar-refractivity contribution in [2.24, 2.45) is 5.41 Å². The molecule has 0 saturated carbocycles. The number of hydrogen-bond acceptors (Lipinski definition) is 3. The van der Waals surface area contributed by atoms with Crippen LogP contribution in [0.5, 0.6) is 0 Å². The molecule has 0 unspecified atom stereocenters. The van der Waals surface area contributed by atoms with E-state index in [1.54, 1.807) is 13.8 Å². The molecule has 0 aromatic carbocycles. The van der Waals surface area contributed by atoms with Crippen molar-refractivity contribution in [2.75, 3.05) is 26.7 Å². The third-order valence-electron chi connectivity index (χ3n) is 2.18. The summed E-state index contributed by atoms with van der Waals surface area (Å²) in [5, 5.41) is 6.80. The van der Waals surface area contributed by atoms with Crippen LogP contribution in [0.3, 0.4) is 0 Å². The van der Waals surface area contributed by atoms with E-state index >= 15 is 0 Å². The Hall–Kier alpha value is -1.31. The van der Waals surface area contributed by atoms with Crippen LogP contribution in [0, 0.1) is 5.41 Å². The van der Waals surface area contributed by atoms with Crippen molar-refractivity contribution >= 4 is 11.8 Å². The first kappa shape index (κ1) is 16.7. The molecule has 0 aliphatic rings. The van der Waals surface area contributed by atoms with Crippen LogP contribution >= 0.6 is 0 Å². The van der Waals surface area contributed by atoms with E-state index in [9.17, 15) is 22.8 Å². The smallest absolute Gasteiger partial charge is 0.359 e.